The fourth-order valence-corrected chi connectivity index (χ4v) is 2.89. The van der Waals surface area contributed by atoms with E-state index >= 15 is 0 Å². The summed E-state index contributed by atoms with van der Waals surface area (Å²) in [6, 6.07) is 0. The first-order valence-corrected chi connectivity index (χ1v) is 6.26. The highest BCUT2D eigenvalue weighted by Gasteiger charge is 2.17. The third-order valence-electron chi connectivity index (χ3n) is 3.52. The predicted octanol–water partition coefficient (Wildman–Crippen LogP) is 4.12. The molecule has 0 aromatic rings. The van der Waals surface area contributed by atoms with Gasteiger partial charge in [0.15, 0.2) is 0 Å². The fraction of sp³-hybridized carbons (Fsp3) is 0.833. The number of hydrogen-bond donors (Lipinski definition) is 1. The lowest BCUT2D eigenvalue weighted by Crippen LogP contribution is -2.10. The molecule has 1 heteroatoms. The molecule has 0 aromatic heterocycles. The molecule has 0 heterocycles. The van der Waals surface area contributed by atoms with Crippen molar-refractivity contribution in [2.45, 2.75) is 63.0 Å². The molecule has 0 N–H and O–H groups in total. The van der Waals surface area contributed by atoms with Gasteiger partial charge in [-0.25, -0.2) is 0 Å². The maximum absolute atomic E-state index is 4.54. The molecule has 74 valence electrons. The van der Waals surface area contributed by atoms with Gasteiger partial charge in [-0.15, -0.1) is 0 Å². The first-order chi connectivity index (χ1) is 6.36. The second kappa shape index (κ2) is 4.54. The standard InChI is InChI=1S/C12H20S/c13-12-8-6-11(7-9-12)10-4-2-1-3-5-10/h12-13H,1-9H2. The molecule has 0 atom stereocenters. The van der Waals surface area contributed by atoms with Crippen LogP contribution in [0.2, 0.25) is 0 Å². The van der Waals surface area contributed by atoms with Gasteiger partial charge in [0.2, 0.25) is 0 Å². The Morgan fingerprint density at radius 2 is 1.31 bits per heavy atom. The lowest BCUT2D eigenvalue weighted by atomic mass is 9.84. The monoisotopic (exact) mass is 196 g/mol. The first kappa shape index (κ1) is 9.64. The van der Waals surface area contributed by atoms with Crippen LogP contribution < -0.4 is 0 Å². The highest BCUT2D eigenvalue weighted by molar-refractivity contribution is 7.80. The average Bonchev–Trinajstić information content (AvgIpc) is 2.20. The molecule has 13 heavy (non-hydrogen) atoms. The van der Waals surface area contributed by atoms with Crippen LogP contribution in [0.25, 0.3) is 0 Å². The van der Waals surface area contributed by atoms with Crippen molar-refractivity contribution in [3.8, 4) is 0 Å². The van der Waals surface area contributed by atoms with Crippen LogP contribution in [0.15, 0.2) is 11.1 Å². The zero-order chi connectivity index (χ0) is 9.10. The molecule has 2 aliphatic carbocycles. The van der Waals surface area contributed by atoms with E-state index in [1.165, 1.54) is 57.8 Å². The molecule has 0 radical (unpaired) electrons. The Labute approximate surface area is 87.2 Å². The minimum atomic E-state index is 0.688. The molecule has 0 amide bonds. The van der Waals surface area contributed by atoms with E-state index in [0.717, 1.165) is 0 Å². The van der Waals surface area contributed by atoms with Gasteiger partial charge in [0.1, 0.15) is 0 Å². The first-order valence-electron chi connectivity index (χ1n) is 5.74. The van der Waals surface area contributed by atoms with Crippen LogP contribution in [0.5, 0.6) is 0 Å². The van der Waals surface area contributed by atoms with E-state index < -0.39 is 0 Å². The van der Waals surface area contributed by atoms with E-state index in [4.69, 9.17) is 0 Å². The minimum absolute atomic E-state index is 0.688. The van der Waals surface area contributed by atoms with Crippen LogP contribution >= 0.6 is 12.6 Å². The summed E-state index contributed by atoms with van der Waals surface area (Å²) in [4.78, 5) is 0. The van der Waals surface area contributed by atoms with Crippen LogP contribution in [0.1, 0.15) is 57.8 Å². The van der Waals surface area contributed by atoms with Crippen molar-refractivity contribution < 1.29 is 0 Å². The lowest BCUT2D eigenvalue weighted by Gasteiger charge is -2.25. The third-order valence-corrected chi connectivity index (χ3v) is 4.03. The zero-order valence-electron chi connectivity index (χ0n) is 8.39. The predicted molar refractivity (Wildman–Crippen MR) is 61.4 cm³/mol. The molecule has 2 saturated carbocycles. The summed E-state index contributed by atoms with van der Waals surface area (Å²) in [5.41, 5.74) is 3.64. The molecule has 0 saturated heterocycles. The van der Waals surface area contributed by atoms with Crippen molar-refractivity contribution in [1.82, 2.24) is 0 Å². The Morgan fingerprint density at radius 3 is 1.92 bits per heavy atom. The molecule has 2 aliphatic rings. The Hall–Kier alpha value is 0.0900. The highest BCUT2D eigenvalue weighted by Crippen LogP contribution is 2.34. The number of rotatable bonds is 0. The second-order valence-electron chi connectivity index (χ2n) is 4.50. The van der Waals surface area contributed by atoms with Crippen molar-refractivity contribution in [3.63, 3.8) is 0 Å². The molecule has 2 fully saturated rings. The maximum atomic E-state index is 4.54. The summed E-state index contributed by atoms with van der Waals surface area (Å²) in [5.74, 6) is 0. The SMILES string of the molecule is SC1CCC(=C2CCCCC2)CC1. The molecule has 0 aromatic carbocycles. The quantitative estimate of drug-likeness (QED) is 0.437. The maximum Gasteiger partial charge on any atom is 0.00229 e. The largest absolute Gasteiger partial charge is 0.176 e. The van der Waals surface area contributed by atoms with Crippen molar-refractivity contribution >= 4 is 12.6 Å². The molecule has 0 unspecified atom stereocenters. The van der Waals surface area contributed by atoms with Crippen LogP contribution in [0.4, 0.5) is 0 Å². The number of allylic oxidation sites excluding steroid dienone is 2. The third kappa shape index (κ3) is 2.52. The van der Waals surface area contributed by atoms with Crippen molar-refractivity contribution in [3.05, 3.63) is 11.1 Å². The van der Waals surface area contributed by atoms with E-state index in [2.05, 4.69) is 12.6 Å². The van der Waals surface area contributed by atoms with E-state index in [1.807, 2.05) is 11.1 Å². The number of thiol groups is 1. The summed E-state index contributed by atoms with van der Waals surface area (Å²) in [6.45, 7) is 0. The molecular weight excluding hydrogens is 176 g/mol. The Bertz CT molecular complexity index is 187. The molecule has 0 bridgehead atoms. The molecule has 2 rings (SSSR count). The molecular formula is C12H20S. The van der Waals surface area contributed by atoms with E-state index in [9.17, 15) is 0 Å². The molecule has 0 spiro atoms. The Balaban J connectivity index is 1.97. The topological polar surface area (TPSA) is 0 Å². The van der Waals surface area contributed by atoms with Gasteiger partial charge >= 0.3 is 0 Å². The summed E-state index contributed by atoms with van der Waals surface area (Å²) < 4.78 is 0. The van der Waals surface area contributed by atoms with E-state index in [-0.39, 0.29) is 0 Å². The normalized spacial score (nSPS) is 30.7. The Morgan fingerprint density at radius 1 is 0.769 bits per heavy atom. The molecule has 0 aliphatic heterocycles. The van der Waals surface area contributed by atoms with Crippen LogP contribution in [0, 0.1) is 0 Å². The van der Waals surface area contributed by atoms with Gasteiger partial charge in [-0.1, -0.05) is 17.6 Å². The summed E-state index contributed by atoms with van der Waals surface area (Å²) in [5, 5.41) is 0.688. The van der Waals surface area contributed by atoms with Gasteiger partial charge in [0, 0.05) is 5.25 Å². The summed E-state index contributed by atoms with van der Waals surface area (Å²) in [7, 11) is 0. The van der Waals surface area contributed by atoms with E-state index in [0.29, 0.717) is 5.25 Å². The minimum Gasteiger partial charge on any atom is -0.176 e. The summed E-state index contributed by atoms with van der Waals surface area (Å²) in [6.07, 6.45) is 12.5. The van der Waals surface area contributed by atoms with Gasteiger partial charge in [0.25, 0.3) is 0 Å². The average molecular weight is 196 g/mol. The van der Waals surface area contributed by atoms with Gasteiger partial charge in [-0.2, -0.15) is 12.6 Å². The van der Waals surface area contributed by atoms with Gasteiger partial charge in [-0.3, -0.25) is 0 Å². The van der Waals surface area contributed by atoms with Crippen molar-refractivity contribution in [2.24, 2.45) is 0 Å². The Kier molecular flexibility index (Phi) is 3.37. The lowest BCUT2D eigenvalue weighted by molar-refractivity contribution is 0.555. The smallest absolute Gasteiger partial charge is 0.00229 e. The van der Waals surface area contributed by atoms with Crippen LogP contribution in [-0.4, -0.2) is 5.25 Å². The van der Waals surface area contributed by atoms with Crippen molar-refractivity contribution in [1.29, 1.82) is 0 Å². The highest BCUT2D eigenvalue weighted by atomic mass is 32.1. The molecule has 0 nitrogen and oxygen atoms in total. The van der Waals surface area contributed by atoms with Gasteiger partial charge in [0.05, 0.1) is 0 Å². The van der Waals surface area contributed by atoms with Crippen LogP contribution in [-0.2, 0) is 0 Å². The second-order valence-corrected chi connectivity index (χ2v) is 5.23. The van der Waals surface area contributed by atoms with Crippen molar-refractivity contribution in [2.75, 3.05) is 0 Å². The fourth-order valence-electron chi connectivity index (χ4n) is 2.64. The van der Waals surface area contributed by atoms with Gasteiger partial charge in [-0.05, 0) is 51.4 Å². The zero-order valence-corrected chi connectivity index (χ0v) is 9.28. The summed E-state index contributed by atoms with van der Waals surface area (Å²) >= 11 is 4.54. The number of hydrogen-bond acceptors (Lipinski definition) is 1. The van der Waals surface area contributed by atoms with Gasteiger partial charge < -0.3 is 0 Å². The van der Waals surface area contributed by atoms with Crippen LogP contribution in [0.3, 0.4) is 0 Å². The van der Waals surface area contributed by atoms with E-state index in [1.54, 1.807) is 0 Å².